The summed E-state index contributed by atoms with van der Waals surface area (Å²) in [6.07, 6.45) is 2.84. The summed E-state index contributed by atoms with van der Waals surface area (Å²) in [7, 11) is 0. The smallest absolute Gasteiger partial charge is 0.124 e. The molecule has 0 saturated heterocycles. The molecule has 0 radical (unpaired) electrons. The third-order valence-corrected chi connectivity index (χ3v) is 4.35. The van der Waals surface area contributed by atoms with Crippen molar-refractivity contribution >= 4 is 16.5 Å². The number of aromatic nitrogens is 1. The number of hydrogen-bond donors (Lipinski definition) is 0. The van der Waals surface area contributed by atoms with Gasteiger partial charge in [0.1, 0.15) is 5.82 Å². The highest BCUT2D eigenvalue weighted by Crippen LogP contribution is 2.35. The fourth-order valence-corrected chi connectivity index (χ4v) is 3.25. The zero-order valence-electron chi connectivity index (χ0n) is 12.6. The summed E-state index contributed by atoms with van der Waals surface area (Å²) in [5, 5.41) is 10.3. The molecular formula is C20H13FN2. The quantitative estimate of drug-likeness (QED) is 0.661. The fraction of sp³-hybridized carbons (Fsp3) is 0.100. The van der Waals surface area contributed by atoms with E-state index in [1.807, 2.05) is 31.2 Å². The second-order valence-electron chi connectivity index (χ2n) is 5.75. The van der Waals surface area contributed by atoms with E-state index in [2.05, 4.69) is 17.1 Å². The van der Waals surface area contributed by atoms with Crippen LogP contribution in [0.15, 0.2) is 48.5 Å². The van der Waals surface area contributed by atoms with E-state index in [1.54, 1.807) is 18.2 Å². The van der Waals surface area contributed by atoms with Crippen molar-refractivity contribution in [3.8, 4) is 6.07 Å². The van der Waals surface area contributed by atoms with Gasteiger partial charge in [0.05, 0.1) is 22.8 Å². The lowest BCUT2D eigenvalue weighted by molar-refractivity contribution is 0.625. The largest absolute Gasteiger partial charge is 0.248 e. The second-order valence-corrected chi connectivity index (χ2v) is 5.75. The minimum absolute atomic E-state index is 0.240. The summed E-state index contributed by atoms with van der Waals surface area (Å²) in [6, 6.07) is 14.7. The van der Waals surface area contributed by atoms with E-state index in [4.69, 9.17) is 0 Å². The summed E-state index contributed by atoms with van der Waals surface area (Å²) < 4.78 is 13.8. The number of pyridine rings is 1. The van der Waals surface area contributed by atoms with Crippen molar-refractivity contribution in [1.29, 1.82) is 5.26 Å². The van der Waals surface area contributed by atoms with E-state index in [-0.39, 0.29) is 5.82 Å². The van der Waals surface area contributed by atoms with Gasteiger partial charge in [-0.2, -0.15) is 5.26 Å². The number of aryl methyl sites for hydroxylation is 1. The molecule has 2 nitrogen and oxygen atoms in total. The first kappa shape index (κ1) is 13.7. The number of fused-ring (bicyclic) bond motifs is 2. The van der Waals surface area contributed by atoms with Gasteiger partial charge in [0.25, 0.3) is 0 Å². The third kappa shape index (κ3) is 2.11. The Labute approximate surface area is 133 Å². The van der Waals surface area contributed by atoms with Gasteiger partial charge in [-0.05, 0) is 54.3 Å². The van der Waals surface area contributed by atoms with Crippen molar-refractivity contribution in [2.75, 3.05) is 0 Å². The van der Waals surface area contributed by atoms with Gasteiger partial charge >= 0.3 is 0 Å². The number of allylic oxidation sites excluding steroid dienone is 1. The number of hydrogen-bond acceptors (Lipinski definition) is 2. The van der Waals surface area contributed by atoms with Crippen LogP contribution in [0, 0.1) is 24.1 Å². The molecule has 1 heterocycles. The molecule has 0 aliphatic heterocycles. The van der Waals surface area contributed by atoms with Crippen LogP contribution in [0.25, 0.3) is 16.5 Å². The number of benzene rings is 2. The van der Waals surface area contributed by atoms with Gasteiger partial charge in [-0.15, -0.1) is 0 Å². The van der Waals surface area contributed by atoms with Crippen molar-refractivity contribution in [3.63, 3.8) is 0 Å². The third-order valence-electron chi connectivity index (χ3n) is 4.35. The molecule has 1 aromatic heterocycles. The minimum Gasteiger partial charge on any atom is -0.248 e. The molecule has 0 spiro atoms. The maximum atomic E-state index is 13.8. The molecule has 0 N–H and O–H groups in total. The van der Waals surface area contributed by atoms with Crippen LogP contribution in [-0.2, 0) is 6.42 Å². The molecule has 3 heteroatoms. The van der Waals surface area contributed by atoms with Crippen LogP contribution >= 0.6 is 0 Å². The van der Waals surface area contributed by atoms with Gasteiger partial charge in [-0.3, -0.25) is 0 Å². The summed E-state index contributed by atoms with van der Waals surface area (Å²) in [5.41, 5.74) is 5.97. The van der Waals surface area contributed by atoms with Crippen molar-refractivity contribution in [3.05, 3.63) is 82.3 Å². The van der Waals surface area contributed by atoms with Gasteiger partial charge in [0.2, 0.25) is 0 Å². The second kappa shape index (κ2) is 5.03. The maximum absolute atomic E-state index is 13.8. The van der Waals surface area contributed by atoms with Crippen molar-refractivity contribution in [1.82, 2.24) is 4.98 Å². The number of rotatable bonds is 1. The predicted octanol–water partition coefficient (Wildman–Crippen LogP) is 4.54. The monoisotopic (exact) mass is 300 g/mol. The van der Waals surface area contributed by atoms with Gasteiger partial charge < -0.3 is 0 Å². The van der Waals surface area contributed by atoms with E-state index in [0.717, 1.165) is 45.3 Å². The molecule has 110 valence electrons. The zero-order valence-corrected chi connectivity index (χ0v) is 12.6. The Morgan fingerprint density at radius 3 is 2.83 bits per heavy atom. The molecule has 0 amide bonds. The highest BCUT2D eigenvalue weighted by atomic mass is 19.1. The molecule has 4 rings (SSSR count). The Kier molecular flexibility index (Phi) is 2.99. The molecule has 3 aromatic rings. The van der Waals surface area contributed by atoms with E-state index in [9.17, 15) is 9.65 Å². The van der Waals surface area contributed by atoms with Gasteiger partial charge in [-0.1, -0.05) is 24.3 Å². The average molecular weight is 300 g/mol. The first-order chi connectivity index (χ1) is 11.2. The molecule has 1 aliphatic rings. The van der Waals surface area contributed by atoms with Crippen LogP contribution in [-0.4, -0.2) is 4.98 Å². The van der Waals surface area contributed by atoms with Crippen LogP contribution in [0.4, 0.5) is 4.39 Å². The molecule has 0 fully saturated rings. The summed E-state index contributed by atoms with van der Waals surface area (Å²) in [6.45, 7) is 1.92. The first-order valence-corrected chi connectivity index (χ1v) is 7.47. The lowest BCUT2D eigenvalue weighted by Crippen LogP contribution is -1.96. The maximum Gasteiger partial charge on any atom is 0.124 e. The summed E-state index contributed by atoms with van der Waals surface area (Å²) in [5.74, 6) is -0.240. The van der Waals surface area contributed by atoms with Crippen LogP contribution in [0.3, 0.4) is 0 Å². The highest BCUT2D eigenvalue weighted by Gasteiger charge is 2.20. The molecular weight excluding hydrogens is 287 g/mol. The Hall–Kier alpha value is -2.99. The van der Waals surface area contributed by atoms with Gasteiger partial charge in [0, 0.05) is 11.0 Å². The van der Waals surface area contributed by atoms with E-state index in [1.165, 1.54) is 0 Å². The molecule has 2 aromatic carbocycles. The molecule has 1 aliphatic carbocycles. The number of halogens is 1. The van der Waals surface area contributed by atoms with Crippen molar-refractivity contribution in [2.45, 2.75) is 13.3 Å². The lowest BCUT2D eigenvalue weighted by Gasteiger charge is -2.10. The molecule has 0 bridgehead atoms. The minimum atomic E-state index is -0.240. The Balaban J connectivity index is 1.95. The highest BCUT2D eigenvalue weighted by molar-refractivity contribution is 5.90. The van der Waals surface area contributed by atoms with Crippen LogP contribution in [0.2, 0.25) is 0 Å². The number of para-hydroxylation sites is 1. The Morgan fingerprint density at radius 1 is 1.17 bits per heavy atom. The van der Waals surface area contributed by atoms with Crippen LogP contribution in [0.1, 0.15) is 27.9 Å². The first-order valence-electron chi connectivity index (χ1n) is 7.47. The standard InChI is InChI=1S/C20H13FN2/c1-12-8-14(21)10-18-15(12)6-7-17(18)20-9-13(11-22)16-4-2-3-5-19(16)23-20/h2-5,7-10H,6H2,1H3. The normalized spacial score (nSPS) is 12.8. The van der Waals surface area contributed by atoms with E-state index < -0.39 is 0 Å². The van der Waals surface area contributed by atoms with Crippen molar-refractivity contribution < 1.29 is 4.39 Å². The SMILES string of the molecule is Cc1cc(F)cc2c1CC=C2c1cc(C#N)c2ccccc2n1. The summed E-state index contributed by atoms with van der Waals surface area (Å²) in [4.78, 5) is 4.68. The number of nitrogens with zero attached hydrogens (tertiary/aromatic N) is 2. The predicted molar refractivity (Wildman–Crippen MR) is 88.4 cm³/mol. The fourth-order valence-electron chi connectivity index (χ4n) is 3.25. The van der Waals surface area contributed by atoms with E-state index >= 15 is 0 Å². The average Bonchev–Trinajstić information content (AvgIpc) is 2.97. The Bertz CT molecular complexity index is 1030. The molecule has 0 unspecified atom stereocenters. The number of nitriles is 1. The lowest BCUT2D eigenvalue weighted by atomic mass is 9.97. The molecule has 0 saturated carbocycles. The van der Waals surface area contributed by atoms with Gasteiger partial charge in [-0.25, -0.2) is 9.37 Å². The van der Waals surface area contributed by atoms with E-state index in [0.29, 0.717) is 5.56 Å². The zero-order chi connectivity index (χ0) is 16.0. The van der Waals surface area contributed by atoms with Crippen molar-refractivity contribution in [2.24, 2.45) is 0 Å². The topological polar surface area (TPSA) is 36.7 Å². The summed E-state index contributed by atoms with van der Waals surface area (Å²) >= 11 is 0. The molecule has 0 atom stereocenters. The van der Waals surface area contributed by atoms with Crippen LogP contribution < -0.4 is 0 Å². The van der Waals surface area contributed by atoms with Crippen LogP contribution in [0.5, 0.6) is 0 Å². The van der Waals surface area contributed by atoms with Gasteiger partial charge in [0.15, 0.2) is 0 Å². The Morgan fingerprint density at radius 2 is 2.00 bits per heavy atom. The molecule has 23 heavy (non-hydrogen) atoms.